The fraction of sp³-hybridized carbons (Fsp3) is 0.176. The minimum absolute atomic E-state index is 0.143. The monoisotopic (exact) mass is 331 g/mol. The molecule has 3 rings (SSSR count). The molecule has 2 aromatic heterocycles. The highest BCUT2D eigenvalue weighted by Gasteiger charge is 2.26. The van der Waals surface area contributed by atoms with E-state index in [0.717, 1.165) is 5.56 Å². The largest absolute Gasteiger partial charge is 0.468 e. The maximum atomic E-state index is 12.9. The van der Waals surface area contributed by atoms with Crippen LogP contribution in [0.2, 0.25) is 0 Å². The molecule has 0 bridgehead atoms. The van der Waals surface area contributed by atoms with Crippen molar-refractivity contribution in [3.63, 3.8) is 0 Å². The van der Waals surface area contributed by atoms with Gasteiger partial charge in [0.05, 0.1) is 30.5 Å². The highest BCUT2D eigenvalue weighted by Crippen LogP contribution is 2.22. The number of sulfonamides is 1. The second kappa shape index (κ2) is 6.44. The van der Waals surface area contributed by atoms with Crippen molar-refractivity contribution in [3.8, 4) is 0 Å². The molecule has 0 unspecified atom stereocenters. The molecule has 5 nitrogen and oxygen atoms in total. The third-order valence-corrected chi connectivity index (χ3v) is 5.29. The standard InChI is InChI=1S/C17H17NO4S/c1-14-6-8-17(9-7-14)23(19,20)18(12-15-4-2-10-21-15)13-16-5-3-11-22-16/h2-11H,12-13H2,1H3. The van der Waals surface area contributed by atoms with Gasteiger partial charge in [-0.1, -0.05) is 17.7 Å². The number of hydrogen-bond acceptors (Lipinski definition) is 4. The summed E-state index contributed by atoms with van der Waals surface area (Å²) >= 11 is 0. The van der Waals surface area contributed by atoms with Gasteiger partial charge >= 0.3 is 0 Å². The molecular weight excluding hydrogens is 314 g/mol. The first kappa shape index (κ1) is 15.6. The molecule has 0 saturated carbocycles. The zero-order chi connectivity index (χ0) is 16.3. The van der Waals surface area contributed by atoms with Crippen LogP contribution in [0.25, 0.3) is 0 Å². The summed E-state index contributed by atoms with van der Waals surface area (Å²) in [5.41, 5.74) is 1.01. The predicted octanol–water partition coefficient (Wildman–Crippen LogP) is 3.57. The van der Waals surface area contributed by atoms with Gasteiger partial charge in [-0.25, -0.2) is 8.42 Å². The van der Waals surface area contributed by atoms with Crippen LogP contribution in [0.5, 0.6) is 0 Å². The maximum absolute atomic E-state index is 12.9. The lowest BCUT2D eigenvalue weighted by atomic mass is 10.2. The molecule has 0 radical (unpaired) electrons. The molecule has 6 heteroatoms. The molecular formula is C17H17NO4S. The topological polar surface area (TPSA) is 63.7 Å². The number of rotatable bonds is 6. The Morgan fingerprint density at radius 3 is 1.83 bits per heavy atom. The minimum atomic E-state index is -3.66. The van der Waals surface area contributed by atoms with Crippen molar-refractivity contribution in [2.45, 2.75) is 24.9 Å². The van der Waals surface area contributed by atoms with Gasteiger partial charge in [0, 0.05) is 0 Å². The van der Waals surface area contributed by atoms with E-state index in [1.54, 1.807) is 48.5 Å². The van der Waals surface area contributed by atoms with Crippen molar-refractivity contribution < 1.29 is 17.3 Å². The SMILES string of the molecule is Cc1ccc(S(=O)(=O)N(Cc2ccco2)Cc2ccco2)cc1. The van der Waals surface area contributed by atoms with Crippen LogP contribution in [0.15, 0.2) is 74.8 Å². The number of aryl methyl sites for hydroxylation is 1. The van der Waals surface area contributed by atoms with Crippen LogP contribution >= 0.6 is 0 Å². The molecule has 120 valence electrons. The van der Waals surface area contributed by atoms with Crippen LogP contribution in [0, 0.1) is 6.92 Å². The molecule has 0 aliphatic rings. The molecule has 0 atom stereocenters. The number of furan rings is 2. The van der Waals surface area contributed by atoms with E-state index in [4.69, 9.17) is 8.83 Å². The molecule has 0 aliphatic carbocycles. The van der Waals surface area contributed by atoms with Crippen molar-refractivity contribution in [2.24, 2.45) is 0 Å². The van der Waals surface area contributed by atoms with Crippen LogP contribution in [0.4, 0.5) is 0 Å². The van der Waals surface area contributed by atoms with Crippen LogP contribution < -0.4 is 0 Å². The first-order valence-corrected chi connectivity index (χ1v) is 8.61. The molecule has 1 aromatic carbocycles. The quantitative estimate of drug-likeness (QED) is 0.692. The van der Waals surface area contributed by atoms with E-state index < -0.39 is 10.0 Å². The summed E-state index contributed by atoms with van der Waals surface area (Å²) in [6, 6.07) is 13.8. The van der Waals surface area contributed by atoms with E-state index >= 15 is 0 Å². The van der Waals surface area contributed by atoms with Gasteiger partial charge in [0.25, 0.3) is 0 Å². The zero-order valence-electron chi connectivity index (χ0n) is 12.7. The Hall–Kier alpha value is -2.31. The van der Waals surface area contributed by atoms with Crippen molar-refractivity contribution in [2.75, 3.05) is 0 Å². The average Bonchev–Trinajstić information content (AvgIpc) is 3.20. The molecule has 0 amide bonds. The summed E-state index contributed by atoms with van der Waals surface area (Å²) in [4.78, 5) is 0.251. The maximum Gasteiger partial charge on any atom is 0.243 e. The first-order chi connectivity index (χ1) is 11.1. The smallest absolute Gasteiger partial charge is 0.243 e. The molecule has 0 fully saturated rings. The molecule has 23 heavy (non-hydrogen) atoms. The van der Waals surface area contributed by atoms with Crippen LogP contribution in [-0.2, 0) is 23.1 Å². The van der Waals surface area contributed by atoms with E-state index in [9.17, 15) is 8.42 Å². The normalized spacial score (nSPS) is 11.9. The minimum Gasteiger partial charge on any atom is -0.468 e. The lowest BCUT2D eigenvalue weighted by Gasteiger charge is -2.20. The predicted molar refractivity (Wildman–Crippen MR) is 85.0 cm³/mol. The van der Waals surface area contributed by atoms with E-state index in [0.29, 0.717) is 11.5 Å². The van der Waals surface area contributed by atoms with Crippen molar-refractivity contribution in [3.05, 3.63) is 78.1 Å². The Morgan fingerprint density at radius 1 is 0.870 bits per heavy atom. The molecule has 2 heterocycles. The second-order valence-electron chi connectivity index (χ2n) is 5.24. The fourth-order valence-electron chi connectivity index (χ4n) is 2.24. The second-order valence-corrected chi connectivity index (χ2v) is 7.18. The number of benzene rings is 1. The Kier molecular flexibility index (Phi) is 4.36. The fourth-order valence-corrected chi connectivity index (χ4v) is 3.61. The van der Waals surface area contributed by atoms with Gasteiger partial charge in [0.2, 0.25) is 10.0 Å². The van der Waals surface area contributed by atoms with E-state index in [1.165, 1.54) is 16.8 Å². The average molecular weight is 331 g/mol. The molecule has 3 aromatic rings. The Balaban J connectivity index is 1.93. The van der Waals surface area contributed by atoms with Gasteiger partial charge in [-0.2, -0.15) is 4.31 Å². The van der Waals surface area contributed by atoms with Crippen LogP contribution in [0.3, 0.4) is 0 Å². The third kappa shape index (κ3) is 3.55. The molecule has 0 saturated heterocycles. The molecule has 0 spiro atoms. The lowest BCUT2D eigenvalue weighted by molar-refractivity contribution is 0.330. The number of hydrogen-bond donors (Lipinski definition) is 0. The summed E-state index contributed by atoms with van der Waals surface area (Å²) in [5, 5.41) is 0. The summed E-state index contributed by atoms with van der Waals surface area (Å²) in [7, 11) is -3.66. The van der Waals surface area contributed by atoms with Gasteiger partial charge in [-0.15, -0.1) is 0 Å². The lowest BCUT2D eigenvalue weighted by Crippen LogP contribution is -2.30. The van der Waals surface area contributed by atoms with Gasteiger partial charge in [-0.05, 0) is 43.3 Å². The van der Waals surface area contributed by atoms with Crippen molar-refractivity contribution >= 4 is 10.0 Å². The summed E-state index contributed by atoms with van der Waals surface area (Å²) in [6.45, 7) is 2.20. The third-order valence-electron chi connectivity index (χ3n) is 3.48. The van der Waals surface area contributed by atoms with Crippen LogP contribution in [0.1, 0.15) is 17.1 Å². The van der Waals surface area contributed by atoms with Gasteiger partial charge < -0.3 is 8.83 Å². The first-order valence-electron chi connectivity index (χ1n) is 7.17. The van der Waals surface area contributed by atoms with Crippen molar-refractivity contribution in [1.82, 2.24) is 4.31 Å². The zero-order valence-corrected chi connectivity index (χ0v) is 13.5. The highest BCUT2D eigenvalue weighted by molar-refractivity contribution is 7.89. The van der Waals surface area contributed by atoms with Gasteiger partial charge in [-0.3, -0.25) is 0 Å². The van der Waals surface area contributed by atoms with Crippen LogP contribution in [-0.4, -0.2) is 12.7 Å². The van der Waals surface area contributed by atoms with E-state index in [2.05, 4.69) is 0 Å². The van der Waals surface area contributed by atoms with Gasteiger partial charge in [0.1, 0.15) is 11.5 Å². The Morgan fingerprint density at radius 2 is 1.39 bits per heavy atom. The number of nitrogens with zero attached hydrogens (tertiary/aromatic N) is 1. The van der Waals surface area contributed by atoms with Crippen molar-refractivity contribution in [1.29, 1.82) is 0 Å². The Labute approximate surface area is 135 Å². The van der Waals surface area contributed by atoms with E-state index in [1.807, 2.05) is 6.92 Å². The summed E-state index contributed by atoms with van der Waals surface area (Å²) < 4.78 is 37.8. The van der Waals surface area contributed by atoms with Gasteiger partial charge in [0.15, 0.2) is 0 Å². The van der Waals surface area contributed by atoms with E-state index in [-0.39, 0.29) is 18.0 Å². The Bertz CT molecular complexity index is 798. The molecule has 0 N–H and O–H groups in total. The summed E-state index contributed by atoms with van der Waals surface area (Å²) in [6.07, 6.45) is 3.05. The highest BCUT2D eigenvalue weighted by atomic mass is 32.2. The molecule has 0 aliphatic heterocycles. The summed E-state index contributed by atoms with van der Waals surface area (Å²) in [5.74, 6) is 1.15.